The van der Waals surface area contributed by atoms with Gasteiger partial charge in [-0.15, -0.1) is 0 Å². The predicted octanol–water partition coefficient (Wildman–Crippen LogP) is 2.88. The molecule has 2 atom stereocenters. The molecular weight excluding hydrogens is 335 g/mol. The van der Waals surface area contributed by atoms with Gasteiger partial charge in [0.2, 0.25) is 0 Å². The van der Waals surface area contributed by atoms with Crippen molar-refractivity contribution >= 4 is 17.5 Å². The first-order valence-electron chi connectivity index (χ1n) is 8.47. The molecule has 0 N–H and O–H groups in total. The Morgan fingerprint density at radius 1 is 0.962 bits per heavy atom. The maximum absolute atomic E-state index is 13.1. The van der Waals surface area contributed by atoms with Crippen LogP contribution in [0.3, 0.4) is 0 Å². The summed E-state index contributed by atoms with van der Waals surface area (Å²) in [7, 11) is 0. The molecule has 0 unspecified atom stereocenters. The standard InChI is InChI=1S/C19H17FN4O2/c1-2-12-5-9-15(10-6-12)24-18(25)16-17(19(24)26)23(22-21-16)11-13-3-7-14(20)8-4-13/h3-10,16-17H,2,11H2,1H3/t16-,17-/m1/s1. The van der Waals surface area contributed by atoms with Crippen molar-refractivity contribution in [2.75, 3.05) is 4.90 Å². The zero-order valence-electron chi connectivity index (χ0n) is 14.2. The highest BCUT2D eigenvalue weighted by Crippen LogP contribution is 2.32. The Morgan fingerprint density at radius 3 is 2.27 bits per heavy atom. The van der Waals surface area contributed by atoms with E-state index < -0.39 is 12.1 Å². The molecule has 0 aromatic heterocycles. The molecule has 0 aliphatic carbocycles. The summed E-state index contributed by atoms with van der Waals surface area (Å²) in [5.41, 5.74) is 2.46. The van der Waals surface area contributed by atoms with E-state index >= 15 is 0 Å². The fraction of sp³-hybridized carbons (Fsp3) is 0.263. The van der Waals surface area contributed by atoms with Gasteiger partial charge in [-0.1, -0.05) is 36.4 Å². The van der Waals surface area contributed by atoms with Crippen molar-refractivity contribution in [1.82, 2.24) is 5.01 Å². The molecule has 2 amide bonds. The Hall–Kier alpha value is -3.09. The van der Waals surface area contributed by atoms with Crippen molar-refractivity contribution in [3.63, 3.8) is 0 Å². The average Bonchev–Trinajstić information content (AvgIpc) is 3.17. The van der Waals surface area contributed by atoms with Crippen LogP contribution in [0, 0.1) is 5.82 Å². The third kappa shape index (κ3) is 2.65. The number of nitrogens with zero attached hydrogens (tertiary/aromatic N) is 4. The van der Waals surface area contributed by atoms with E-state index in [9.17, 15) is 14.0 Å². The Morgan fingerprint density at radius 2 is 1.62 bits per heavy atom. The Kier molecular flexibility index (Phi) is 3.99. The number of aryl methyl sites for hydroxylation is 1. The summed E-state index contributed by atoms with van der Waals surface area (Å²) in [6.07, 6.45) is 0.882. The smallest absolute Gasteiger partial charge is 0.263 e. The van der Waals surface area contributed by atoms with Gasteiger partial charge in [-0.3, -0.25) is 14.6 Å². The molecule has 7 heteroatoms. The largest absolute Gasteiger partial charge is 0.271 e. The lowest BCUT2D eigenvalue weighted by Gasteiger charge is -2.20. The number of carbonyl (C=O) groups is 2. The Labute approximate surface area is 149 Å². The van der Waals surface area contributed by atoms with Crippen molar-refractivity contribution in [2.24, 2.45) is 10.3 Å². The Balaban J connectivity index is 1.57. The van der Waals surface area contributed by atoms with E-state index in [1.807, 2.05) is 19.1 Å². The predicted molar refractivity (Wildman–Crippen MR) is 92.7 cm³/mol. The number of hydrogen-bond donors (Lipinski definition) is 0. The molecule has 2 aromatic rings. The molecule has 6 nitrogen and oxygen atoms in total. The van der Waals surface area contributed by atoms with Gasteiger partial charge in [0.1, 0.15) is 5.82 Å². The number of benzene rings is 2. The minimum atomic E-state index is -0.825. The summed E-state index contributed by atoms with van der Waals surface area (Å²) in [6.45, 7) is 2.33. The summed E-state index contributed by atoms with van der Waals surface area (Å²) in [5.74, 6) is -1.03. The maximum Gasteiger partial charge on any atom is 0.263 e. The zero-order chi connectivity index (χ0) is 18.3. The fourth-order valence-electron chi connectivity index (χ4n) is 3.27. The van der Waals surface area contributed by atoms with Crippen molar-refractivity contribution in [3.05, 3.63) is 65.5 Å². The van der Waals surface area contributed by atoms with Gasteiger partial charge in [0.25, 0.3) is 11.8 Å². The van der Waals surface area contributed by atoms with Crippen LogP contribution in [0.25, 0.3) is 0 Å². The quantitative estimate of drug-likeness (QED) is 0.795. The molecule has 2 heterocycles. The van der Waals surface area contributed by atoms with E-state index in [2.05, 4.69) is 10.3 Å². The monoisotopic (exact) mass is 352 g/mol. The van der Waals surface area contributed by atoms with E-state index in [0.717, 1.165) is 17.5 Å². The second-order valence-corrected chi connectivity index (χ2v) is 6.35. The zero-order valence-corrected chi connectivity index (χ0v) is 14.2. The second kappa shape index (κ2) is 6.33. The van der Waals surface area contributed by atoms with Crippen molar-refractivity contribution in [2.45, 2.75) is 32.0 Å². The minimum Gasteiger partial charge on any atom is -0.271 e. The number of carbonyl (C=O) groups excluding carboxylic acids is 2. The fourth-order valence-corrected chi connectivity index (χ4v) is 3.27. The van der Waals surface area contributed by atoms with Gasteiger partial charge in [-0.25, -0.2) is 9.29 Å². The van der Waals surface area contributed by atoms with Crippen LogP contribution in [0.2, 0.25) is 0 Å². The molecule has 2 aromatic carbocycles. The lowest BCUT2D eigenvalue weighted by molar-refractivity contribution is -0.123. The van der Waals surface area contributed by atoms with Crippen LogP contribution in [0.1, 0.15) is 18.1 Å². The summed E-state index contributed by atoms with van der Waals surface area (Å²) in [5, 5.41) is 9.49. The van der Waals surface area contributed by atoms with E-state index in [-0.39, 0.29) is 24.2 Å². The highest BCUT2D eigenvalue weighted by molar-refractivity contribution is 6.25. The van der Waals surface area contributed by atoms with Crippen LogP contribution in [0.15, 0.2) is 58.9 Å². The molecule has 0 radical (unpaired) electrons. The number of halogens is 1. The van der Waals surface area contributed by atoms with E-state index in [1.54, 1.807) is 24.3 Å². The third-order valence-electron chi connectivity index (χ3n) is 4.72. The molecule has 2 aliphatic rings. The Bertz CT molecular complexity index is 879. The highest BCUT2D eigenvalue weighted by Gasteiger charge is 2.54. The lowest BCUT2D eigenvalue weighted by Crippen LogP contribution is -2.39. The van der Waals surface area contributed by atoms with Gasteiger partial charge in [0.05, 0.1) is 12.2 Å². The summed E-state index contributed by atoms with van der Waals surface area (Å²) in [4.78, 5) is 26.7. The second-order valence-electron chi connectivity index (χ2n) is 6.35. The summed E-state index contributed by atoms with van der Waals surface area (Å²) in [6, 6.07) is 11.7. The normalized spacial score (nSPS) is 21.6. The molecular formula is C19H17FN4O2. The first-order valence-corrected chi connectivity index (χ1v) is 8.47. The summed E-state index contributed by atoms with van der Waals surface area (Å²) < 4.78 is 13.1. The van der Waals surface area contributed by atoms with Crippen LogP contribution in [0.4, 0.5) is 10.1 Å². The van der Waals surface area contributed by atoms with Crippen molar-refractivity contribution in [1.29, 1.82) is 0 Å². The van der Waals surface area contributed by atoms with Crippen LogP contribution in [-0.2, 0) is 22.6 Å². The lowest BCUT2D eigenvalue weighted by atomic mass is 10.1. The van der Waals surface area contributed by atoms with E-state index in [1.165, 1.54) is 22.0 Å². The molecule has 1 fully saturated rings. The minimum absolute atomic E-state index is 0.284. The van der Waals surface area contributed by atoms with Crippen LogP contribution in [-0.4, -0.2) is 28.9 Å². The van der Waals surface area contributed by atoms with Gasteiger partial charge < -0.3 is 0 Å². The van der Waals surface area contributed by atoms with Crippen molar-refractivity contribution < 1.29 is 14.0 Å². The number of rotatable bonds is 4. The summed E-state index contributed by atoms with van der Waals surface area (Å²) >= 11 is 0. The van der Waals surface area contributed by atoms with Crippen molar-refractivity contribution in [3.8, 4) is 0 Å². The number of amides is 2. The maximum atomic E-state index is 13.1. The molecule has 0 bridgehead atoms. The molecule has 4 rings (SSSR count). The van der Waals surface area contributed by atoms with E-state index in [0.29, 0.717) is 5.69 Å². The van der Waals surface area contributed by atoms with Gasteiger partial charge in [0, 0.05) is 0 Å². The van der Waals surface area contributed by atoms with Gasteiger partial charge in [-0.05, 0) is 41.8 Å². The molecule has 0 spiro atoms. The highest BCUT2D eigenvalue weighted by atomic mass is 19.1. The van der Waals surface area contributed by atoms with Crippen LogP contribution >= 0.6 is 0 Å². The number of imide groups is 1. The molecule has 1 saturated heterocycles. The van der Waals surface area contributed by atoms with Crippen LogP contribution in [0.5, 0.6) is 0 Å². The van der Waals surface area contributed by atoms with E-state index in [4.69, 9.17) is 0 Å². The van der Waals surface area contributed by atoms with Gasteiger partial charge in [-0.2, -0.15) is 5.11 Å². The molecule has 132 valence electrons. The number of fused-ring (bicyclic) bond motifs is 1. The molecule has 0 saturated carbocycles. The molecule has 26 heavy (non-hydrogen) atoms. The van der Waals surface area contributed by atoms with Gasteiger partial charge in [0.15, 0.2) is 12.1 Å². The van der Waals surface area contributed by atoms with Crippen LogP contribution < -0.4 is 4.90 Å². The molecule has 2 aliphatic heterocycles. The average molecular weight is 352 g/mol. The SMILES string of the molecule is CCc1ccc(N2C(=O)[C@@H]3N=NN(Cc4ccc(F)cc4)[C@H]3C2=O)cc1. The van der Waals surface area contributed by atoms with Gasteiger partial charge >= 0.3 is 0 Å². The first-order chi connectivity index (χ1) is 12.6. The topological polar surface area (TPSA) is 65.3 Å². The number of anilines is 1. The first kappa shape index (κ1) is 16.4. The number of hydrogen-bond acceptors (Lipinski definition) is 5. The third-order valence-corrected chi connectivity index (χ3v) is 4.72.